The maximum absolute atomic E-state index is 11.2. The summed E-state index contributed by atoms with van der Waals surface area (Å²) in [4.78, 5) is 33.0. The molecule has 5 heteroatoms. The Labute approximate surface area is 87.1 Å². The molecule has 0 bridgehead atoms. The Morgan fingerprint density at radius 3 is 2.27 bits per heavy atom. The molecule has 0 radical (unpaired) electrons. The van der Waals surface area contributed by atoms with Crippen LogP contribution in [0.3, 0.4) is 0 Å². The van der Waals surface area contributed by atoms with Crippen molar-refractivity contribution in [3.63, 3.8) is 0 Å². The molecule has 0 saturated heterocycles. The lowest BCUT2D eigenvalue weighted by Gasteiger charge is -2.35. The van der Waals surface area contributed by atoms with E-state index in [0.717, 1.165) is 0 Å². The Hall–Kier alpha value is -1.39. The van der Waals surface area contributed by atoms with Crippen LogP contribution in [0.2, 0.25) is 0 Å². The molecule has 0 aromatic rings. The lowest BCUT2D eigenvalue weighted by Crippen LogP contribution is -2.42. The Kier molecular flexibility index (Phi) is 3.12. The van der Waals surface area contributed by atoms with E-state index in [9.17, 15) is 14.4 Å². The van der Waals surface area contributed by atoms with Gasteiger partial charge in [-0.15, -0.1) is 0 Å². The largest absolute Gasteiger partial charge is 0.481 e. The van der Waals surface area contributed by atoms with Crippen molar-refractivity contribution in [3.05, 3.63) is 0 Å². The molecule has 1 atom stereocenters. The maximum Gasteiger partial charge on any atom is 0.318 e. The highest BCUT2D eigenvalue weighted by atomic mass is 16.4. The quantitative estimate of drug-likeness (QED) is 0.681. The van der Waals surface area contributed by atoms with Gasteiger partial charge in [-0.25, -0.2) is 0 Å². The summed E-state index contributed by atoms with van der Waals surface area (Å²) in [5.74, 6) is -4.25. The molecule has 15 heavy (non-hydrogen) atoms. The molecule has 0 amide bonds. The number of hydrogen-bond acceptors (Lipinski definition) is 3. The molecular formula is C10H14O5. The molecule has 1 rings (SSSR count). The summed E-state index contributed by atoms with van der Waals surface area (Å²) in [5, 5.41) is 17.7. The van der Waals surface area contributed by atoms with E-state index in [1.165, 1.54) is 0 Å². The Bertz CT molecular complexity index is 295. The van der Waals surface area contributed by atoms with Gasteiger partial charge in [0.1, 0.15) is 5.78 Å². The highest BCUT2D eigenvalue weighted by Gasteiger charge is 2.46. The van der Waals surface area contributed by atoms with E-state index in [4.69, 9.17) is 10.2 Å². The molecule has 0 aromatic carbocycles. The molecule has 1 fully saturated rings. The fourth-order valence-electron chi connectivity index (χ4n) is 2.26. The average Bonchev–Trinajstić information content (AvgIpc) is 1.99. The first-order valence-corrected chi connectivity index (χ1v) is 4.84. The van der Waals surface area contributed by atoms with E-state index in [-0.39, 0.29) is 12.2 Å². The average molecular weight is 214 g/mol. The second kappa shape index (κ2) is 4.00. The van der Waals surface area contributed by atoms with Crippen molar-refractivity contribution in [2.24, 2.45) is 11.3 Å². The third kappa shape index (κ3) is 2.34. The van der Waals surface area contributed by atoms with Crippen LogP contribution >= 0.6 is 0 Å². The number of carboxylic acid groups (broad SMARTS) is 2. The smallest absolute Gasteiger partial charge is 0.318 e. The first-order valence-electron chi connectivity index (χ1n) is 4.84. The third-order valence-corrected chi connectivity index (χ3v) is 3.00. The summed E-state index contributed by atoms with van der Waals surface area (Å²) in [6.45, 7) is 1.57. The van der Waals surface area contributed by atoms with E-state index in [0.29, 0.717) is 19.3 Å². The summed E-state index contributed by atoms with van der Waals surface area (Å²) in [6, 6.07) is 0. The fourth-order valence-corrected chi connectivity index (χ4v) is 2.26. The van der Waals surface area contributed by atoms with E-state index < -0.39 is 23.3 Å². The van der Waals surface area contributed by atoms with Crippen molar-refractivity contribution in [1.29, 1.82) is 0 Å². The zero-order valence-corrected chi connectivity index (χ0v) is 8.52. The standard InChI is InChI=1S/C10H14O5/c1-10(4-2-3-6(11)5-10)7(8(12)13)9(14)15/h7H,2-5H2,1H3,(H,12,13)(H,14,15). The zero-order chi connectivity index (χ0) is 11.6. The predicted octanol–water partition coefficient (Wildman–Crippen LogP) is 0.921. The number of Topliss-reactive ketones (excluding diaryl/α,β-unsaturated/α-hetero) is 1. The van der Waals surface area contributed by atoms with Crippen LogP contribution in [0, 0.1) is 11.3 Å². The van der Waals surface area contributed by atoms with Gasteiger partial charge in [-0.1, -0.05) is 6.92 Å². The SMILES string of the molecule is CC1(C(C(=O)O)C(=O)O)CCCC(=O)C1. The highest BCUT2D eigenvalue weighted by molar-refractivity contribution is 5.95. The van der Waals surface area contributed by atoms with Crippen LogP contribution in [0.15, 0.2) is 0 Å². The van der Waals surface area contributed by atoms with Crippen LogP contribution in [0.1, 0.15) is 32.6 Å². The molecule has 0 aliphatic heterocycles. The molecule has 1 saturated carbocycles. The Morgan fingerprint density at radius 1 is 1.33 bits per heavy atom. The Balaban J connectivity index is 2.94. The molecule has 1 unspecified atom stereocenters. The Morgan fingerprint density at radius 2 is 1.87 bits per heavy atom. The van der Waals surface area contributed by atoms with Crippen molar-refractivity contribution in [2.75, 3.05) is 0 Å². The van der Waals surface area contributed by atoms with Crippen LogP contribution < -0.4 is 0 Å². The van der Waals surface area contributed by atoms with Gasteiger partial charge in [0.15, 0.2) is 5.92 Å². The van der Waals surface area contributed by atoms with E-state index in [1.54, 1.807) is 6.92 Å². The zero-order valence-electron chi connectivity index (χ0n) is 8.52. The second-order valence-corrected chi connectivity index (χ2v) is 4.33. The third-order valence-electron chi connectivity index (χ3n) is 3.00. The molecule has 2 N–H and O–H groups in total. The molecule has 0 aromatic heterocycles. The van der Waals surface area contributed by atoms with Gasteiger partial charge in [0.25, 0.3) is 0 Å². The molecule has 1 aliphatic carbocycles. The summed E-state index contributed by atoms with van der Waals surface area (Å²) >= 11 is 0. The van der Waals surface area contributed by atoms with Crippen molar-refractivity contribution < 1.29 is 24.6 Å². The van der Waals surface area contributed by atoms with Crippen molar-refractivity contribution in [3.8, 4) is 0 Å². The van der Waals surface area contributed by atoms with E-state index in [2.05, 4.69) is 0 Å². The van der Waals surface area contributed by atoms with Gasteiger partial charge >= 0.3 is 11.9 Å². The lowest BCUT2D eigenvalue weighted by atomic mass is 9.67. The minimum Gasteiger partial charge on any atom is -0.481 e. The van der Waals surface area contributed by atoms with Crippen LogP contribution in [-0.2, 0) is 14.4 Å². The molecule has 0 heterocycles. The number of carbonyl (C=O) groups is 3. The number of carboxylic acids is 2. The topological polar surface area (TPSA) is 91.7 Å². The van der Waals surface area contributed by atoms with Crippen molar-refractivity contribution in [2.45, 2.75) is 32.6 Å². The van der Waals surface area contributed by atoms with Gasteiger partial charge in [-0.2, -0.15) is 0 Å². The number of carbonyl (C=O) groups excluding carboxylic acids is 1. The van der Waals surface area contributed by atoms with E-state index >= 15 is 0 Å². The first kappa shape index (κ1) is 11.7. The maximum atomic E-state index is 11.2. The minimum atomic E-state index is -1.48. The van der Waals surface area contributed by atoms with E-state index in [1.807, 2.05) is 0 Å². The van der Waals surface area contributed by atoms with Gasteiger partial charge in [0.2, 0.25) is 0 Å². The van der Waals surface area contributed by atoms with Crippen molar-refractivity contribution in [1.82, 2.24) is 0 Å². The molecule has 1 aliphatic rings. The van der Waals surface area contributed by atoms with Gasteiger partial charge < -0.3 is 10.2 Å². The predicted molar refractivity (Wildman–Crippen MR) is 50.3 cm³/mol. The minimum absolute atomic E-state index is 0.0451. The van der Waals surface area contributed by atoms with Crippen LogP contribution in [0.25, 0.3) is 0 Å². The number of hydrogen-bond donors (Lipinski definition) is 2. The summed E-state index contributed by atoms with van der Waals surface area (Å²) in [5.41, 5.74) is -0.938. The summed E-state index contributed by atoms with van der Waals surface area (Å²) < 4.78 is 0. The van der Waals surface area contributed by atoms with Crippen molar-refractivity contribution >= 4 is 17.7 Å². The summed E-state index contributed by atoms with van der Waals surface area (Å²) in [7, 11) is 0. The highest BCUT2D eigenvalue weighted by Crippen LogP contribution is 2.41. The summed E-state index contributed by atoms with van der Waals surface area (Å²) in [6.07, 6.45) is 1.53. The van der Waals surface area contributed by atoms with Gasteiger partial charge in [-0.3, -0.25) is 14.4 Å². The van der Waals surface area contributed by atoms with Gasteiger partial charge in [0, 0.05) is 12.8 Å². The van der Waals surface area contributed by atoms with Crippen LogP contribution in [0.5, 0.6) is 0 Å². The molecular weight excluding hydrogens is 200 g/mol. The van der Waals surface area contributed by atoms with Crippen LogP contribution in [-0.4, -0.2) is 27.9 Å². The molecule has 84 valence electrons. The fraction of sp³-hybridized carbons (Fsp3) is 0.700. The lowest BCUT2D eigenvalue weighted by molar-refractivity contribution is -0.162. The number of rotatable bonds is 3. The monoisotopic (exact) mass is 214 g/mol. The number of aliphatic carboxylic acids is 2. The first-order chi connectivity index (χ1) is 6.87. The second-order valence-electron chi connectivity index (χ2n) is 4.33. The number of ketones is 1. The molecule has 0 spiro atoms. The van der Waals surface area contributed by atoms with Crippen LogP contribution in [0.4, 0.5) is 0 Å². The van der Waals surface area contributed by atoms with Gasteiger partial charge in [0.05, 0.1) is 0 Å². The normalized spacial score (nSPS) is 26.7. The molecule has 5 nitrogen and oxygen atoms in total. The van der Waals surface area contributed by atoms with Gasteiger partial charge in [-0.05, 0) is 18.3 Å².